The van der Waals surface area contributed by atoms with E-state index in [2.05, 4.69) is 42.9 Å². The molecule has 0 fully saturated rings. The Kier molecular flexibility index (Phi) is 9.93. The van der Waals surface area contributed by atoms with Crippen LogP contribution in [0.4, 0.5) is 8.78 Å². The summed E-state index contributed by atoms with van der Waals surface area (Å²) in [7, 11) is -1.66. The van der Waals surface area contributed by atoms with Gasteiger partial charge in [0.1, 0.15) is 17.4 Å². The van der Waals surface area contributed by atoms with E-state index in [1.807, 2.05) is 31.2 Å². The molecule has 0 amide bonds. The van der Waals surface area contributed by atoms with Crippen molar-refractivity contribution >= 4 is 55.4 Å². The maximum Gasteiger partial charge on any atom is 0.328 e. The topological polar surface area (TPSA) is 137 Å². The molecule has 46 heavy (non-hydrogen) atoms. The molecule has 1 unspecified atom stereocenters. The fourth-order valence-electron chi connectivity index (χ4n) is 5.19. The zero-order valence-corrected chi connectivity index (χ0v) is 27.9. The van der Waals surface area contributed by atoms with E-state index in [0.717, 1.165) is 15.2 Å². The van der Waals surface area contributed by atoms with E-state index in [-0.39, 0.29) is 46.4 Å². The van der Waals surface area contributed by atoms with Crippen molar-refractivity contribution in [3.05, 3.63) is 105 Å². The number of sulfone groups is 1. The highest BCUT2D eigenvalue weighted by molar-refractivity contribution is 14.1. The highest BCUT2D eigenvalue weighted by atomic mass is 127. The lowest BCUT2D eigenvalue weighted by molar-refractivity contribution is -0.131. The number of carboxylic acids is 1. The third-order valence-corrected chi connectivity index (χ3v) is 10.1. The van der Waals surface area contributed by atoms with Crippen LogP contribution in [0, 0.1) is 15.2 Å². The summed E-state index contributed by atoms with van der Waals surface area (Å²) in [5.74, 6) is -2.63. The van der Waals surface area contributed by atoms with E-state index in [4.69, 9.17) is 4.74 Å². The first-order valence-corrected chi connectivity index (χ1v) is 17.1. The fraction of sp³-hybridized carbons (Fsp3) is 0.212. The number of nitrogens with zero attached hydrogens (tertiary/aromatic N) is 1. The second-order valence-corrected chi connectivity index (χ2v) is 14.5. The number of carboxylic acid groups (broad SMARTS) is 1. The molecule has 5 aromatic rings. The van der Waals surface area contributed by atoms with Crippen LogP contribution in [0.1, 0.15) is 30.2 Å². The monoisotopic (exact) mass is 760 g/mol. The van der Waals surface area contributed by atoms with Crippen molar-refractivity contribution in [2.45, 2.75) is 18.8 Å². The van der Waals surface area contributed by atoms with Gasteiger partial charge in [-0.1, -0.05) is 12.1 Å². The summed E-state index contributed by atoms with van der Waals surface area (Å²) in [6.45, 7) is 2.26. The summed E-state index contributed by atoms with van der Waals surface area (Å²) in [6.07, 6.45) is 5.53. The van der Waals surface area contributed by atoms with Crippen LogP contribution in [0.3, 0.4) is 0 Å². The van der Waals surface area contributed by atoms with Gasteiger partial charge in [-0.3, -0.25) is 0 Å². The first-order chi connectivity index (χ1) is 21.9. The van der Waals surface area contributed by atoms with Crippen LogP contribution in [-0.4, -0.2) is 59.5 Å². The van der Waals surface area contributed by atoms with Crippen LogP contribution >= 0.6 is 22.6 Å². The van der Waals surface area contributed by atoms with Crippen molar-refractivity contribution in [1.82, 2.24) is 20.3 Å². The Hall–Kier alpha value is -4.08. The van der Waals surface area contributed by atoms with Gasteiger partial charge in [-0.05, 0) is 91.0 Å². The lowest BCUT2D eigenvalue weighted by atomic mass is 9.77. The van der Waals surface area contributed by atoms with Gasteiger partial charge < -0.3 is 25.1 Å². The van der Waals surface area contributed by atoms with Crippen molar-refractivity contribution in [2.24, 2.45) is 0 Å². The van der Waals surface area contributed by atoms with Gasteiger partial charge in [0.2, 0.25) is 0 Å². The number of aromatic nitrogens is 3. The van der Waals surface area contributed by atoms with Gasteiger partial charge in [0.25, 0.3) is 0 Å². The molecule has 4 N–H and O–H groups in total. The molecule has 3 aromatic carbocycles. The van der Waals surface area contributed by atoms with Crippen LogP contribution < -0.4 is 10.1 Å². The molecule has 0 aliphatic rings. The number of aromatic amines is 2. The highest BCUT2D eigenvalue weighted by Crippen LogP contribution is 2.39. The molecule has 0 saturated carbocycles. The average molecular weight is 761 g/mol. The smallest absolute Gasteiger partial charge is 0.328 e. The van der Waals surface area contributed by atoms with Gasteiger partial charge in [-0.15, -0.1) is 0 Å². The Bertz CT molecular complexity index is 2040. The average Bonchev–Trinajstić information content (AvgIpc) is 3.70. The number of H-pyrrole nitrogens is 2. The van der Waals surface area contributed by atoms with Crippen LogP contribution in [0.25, 0.3) is 28.4 Å². The first-order valence-electron chi connectivity index (χ1n) is 14.2. The molecule has 2 aromatic heterocycles. The first kappa shape index (κ1) is 33.3. The summed E-state index contributed by atoms with van der Waals surface area (Å²) >= 11 is 2.20. The van der Waals surface area contributed by atoms with Gasteiger partial charge in [0.05, 0.1) is 17.1 Å². The van der Waals surface area contributed by atoms with Crippen LogP contribution in [0.2, 0.25) is 0 Å². The van der Waals surface area contributed by atoms with E-state index in [0.29, 0.717) is 23.1 Å². The predicted octanol–water partition coefficient (Wildman–Crippen LogP) is 6.66. The number of halogens is 3. The summed E-state index contributed by atoms with van der Waals surface area (Å²) in [6, 6.07) is 14.5. The van der Waals surface area contributed by atoms with Crippen LogP contribution in [0.5, 0.6) is 11.5 Å². The number of imidazole rings is 1. The van der Waals surface area contributed by atoms with Crippen molar-refractivity contribution < 1.29 is 31.8 Å². The molecule has 0 saturated heterocycles. The van der Waals surface area contributed by atoms with E-state index in [1.54, 1.807) is 25.5 Å². The second kappa shape index (κ2) is 13.7. The largest absolute Gasteiger partial charge is 0.478 e. The summed E-state index contributed by atoms with van der Waals surface area (Å²) in [5.41, 5.74) is 1.33. The lowest BCUT2D eigenvalue weighted by Crippen LogP contribution is -2.30. The van der Waals surface area contributed by atoms with E-state index >= 15 is 8.78 Å². The van der Waals surface area contributed by atoms with Gasteiger partial charge in [-0.2, -0.15) is 0 Å². The maximum absolute atomic E-state index is 15.3. The second-order valence-electron chi connectivity index (χ2n) is 10.9. The van der Waals surface area contributed by atoms with Gasteiger partial charge in [0.15, 0.2) is 21.4 Å². The third kappa shape index (κ3) is 7.32. The lowest BCUT2D eigenvalue weighted by Gasteiger charge is -2.29. The SMILES string of the molecule is CNCCS(=O)(=O)CCC(C)(c1cccc(I)c1)c1cnc(-c2cc(Oc3c(F)cc4[nH]ccc4c3/C=C/C(=O)O)ccc2F)[nH]1. The summed E-state index contributed by atoms with van der Waals surface area (Å²) < 4.78 is 63.0. The Morgan fingerprint density at radius 1 is 1.13 bits per heavy atom. The van der Waals surface area contributed by atoms with Crippen molar-refractivity contribution in [1.29, 1.82) is 0 Å². The molecular formula is C33H31F2IN4O5S. The molecule has 13 heteroatoms. The number of ether oxygens (including phenoxy) is 1. The third-order valence-electron chi connectivity index (χ3n) is 7.82. The number of hydrogen-bond acceptors (Lipinski definition) is 6. The maximum atomic E-state index is 15.3. The molecule has 1 atom stereocenters. The molecule has 0 bridgehead atoms. The van der Waals surface area contributed by atoms with E-state index < -0.39 is 32.9 Å². The van der Waals surface area contributed by atoms with Crippen LogP contribution in [-0.2, 0) is 20.0 Å². The number of aliphatic carboxylic acids is 1. The van der Waals surface area contributed by atoms with Gasteiger partial charge in [-0.25, -0.2) is 27.0 Å². The Morgan fingerprint density at radius 2 is 1.93 bits per heavy atom. The minimum atomic E-state index is -3.36. The van der Waals surface area contributed by atoms with Crippen molar-refractivity contribution in [3.8, 4) is 22.9 Å². The molecule has 0 radical (unpaired) electrons. The molecule has 0 aliphatic heterocycles. The molecule has 5 rings (SSSR count). The fourth-order valence-corrected chi connectivity index (χ4v) is 7.18. The summed E-state index contributed by atoms with van der Waals surface area (Å²) in [4.78, 5) is 21.8. The standard InChI is InChI=1S/C33H31F2IN4O5S/c1-33(20-4-3-5-21(36)16-20,11-14-46(43,44)15-13-37-2)29-19-39-32(40-29)25-17-22(6-8-26(25)34)45-31-24(7-9-30(41)42)23-10-12-38-28(23)18-27(31)35/h3-10,12,16-19,37-38H,11,13-15H2,1-2H3,(H,39,40)(H,41,42)/b9-7+. The van der Waals surface area contributed by atoms with Crippen molar-refractivity contribution in [3.63, 3.8) is 0 Å². The molecule has 0 spiro atoms. The number of fused-ring (bicyclic) bond motifs is 1. The Balaban J connectivity index is 1.52. The number of nitrogens with one attached hydrogen (secondary N) is 3. The zero-order valence-electron chi connectivity index (χ0n) is 24.9. The zero-order chi connectivity index (χ0) is 33.1. The van der Waals surface area contributed by atoms with E-state index in [9.17, 15) is 18.3 Å². The summed E-state index contributed by atoms with van der Waals surface area (Å²) in [5, 5.41) is 12.6. The molecule has 0 aliphatic carbocycles. The van der Waals surface area contributed by atoms with Crippen molar-refractivity contribution in [2.75, 3.05) is 25.1 Å². The number of carbonyl (C=O) groups is 1. The number of rotatable bonds is 13. The van der Waals surface area contributed by atoms with Gasteiger partial charge >= 0.3 is 5.97 Å². The minimum Gasteiger partial charge on any atom is -0.478 e. The van der Waals surface area contributed by atoms with Crippen LogP contribution in [0.15, 0.2) is 73.1 Å². The number of benzene rings is 3. The van der Waals surface area contributed by atoms with Gasteiger partial charge in [0, 0.05) is 62.2 Å². The molecular weight excluding hydrogens is 729 g/mol. The predicted molar refractivity (Wildman–Crippen MR) is 182 cm³/mol. The molecule has 2 heterocycles. The normalized spacial score (nSPS) is 13.3. The highest BCUT2D eigenvalue weighted by Gasteiger charge is 2.33. The Labute approximate surface area is 278 Å². The minimum absolute atomic E-state index is 0.00353. The Morgan fingerprint density at radius 3 is 2.67 bits per heavy atom. The van der Waals surface area contributed by atoms with E-state index in [1.165, 1.54) is 30.3 Å². The quantitative estimate of drug-likeness (QED) is 0.0779. The molecule has 240 valence electrons. The molecule has 9 nitrogen and oxygen atoms in total. The number of hydrogen-bond donors (Lipinski definition) is 4.